The Morgan fingerprint density at radius 2 is 0.833 bits per heavy atom. The van der Waals surface area contributed by atoms with Crippen LogP contribution in [0.3, 0.4) is 0 Å². The van der Waals surface area contributed by atoms with Crippen LogP contribution in [0.25, 0.3) is 34.9 Å². The first-order valence-electron chi connectivity index (χ1n) is 27.0. The van der Waals surface area contributed by atoms with E-state index < -0.39 is 64.2 Å². The Morgan fingerprint density at radius 1 is 0.444 bits per heavy atom. The van der Waals surface area contributed by atoms with E-state index in [4.69, 9.17) is 72.2 Å². The van der Waals surface area contributed by atoms with Crippen LogP contribution in [0.15, 0.2) is 91.8 Å². The number of amides is 3. The minimum atomic E-state index is -4.70. The van der Waals surface area contributed by atoms with E-state index in [1.54, 1.807) is 55.6 Å². The van der Waals surface area contributed by atoms with Crippen molar-refractivity contribution in [2.24, 2.45) is 0 Å². The van der Waals surface area contributed by atoms with E-state index in [0.717, 1.165) is 43.0 Å². The predicted octanol–water partition coefficient (Wildman–Crippen LogP) is 8.70. The summed E-state index contributed by atoms with van der Waals surface area (Å²) in [6, 6.07) is 9.72. The van der Waals surface area contributed by atoms with Crippen molar-refractivity contribution >= 4 is 75.7 Å². The van der Waals surface area contributed by atoms with Gasteiger partial charge in [-0.15, -0.1) is 30.6 Å². The van der Waals surface area contributed by atoms with Gasteiger partial charge < -0.3 is 42.6 Å². The van der Waals surface area contributed by atoms with Crippen LogP contribution in [0.2, 0.25) is 25.1 Å². The van der Waals surface area contributed by atoms with Crippen molar-refractivity contribution in [1.29, 1.82) is 0 Å². The molecule has 6 atom stereocenters. The standard InChI is InChI=1S/C19H13ClF4N6O2.C18H12Cl2F2N6O2.C18H14Cl2N6O2/c20-14-11(2-1-3-12(14)19(22,23)24)18(31)30-10-6-29-16(13(30)8-32-7-10)27-28-17(29)15-25-4-9(21)5-26-15;19-13-10(1-2-11(22)14(13)20)18(29)28-9-5-27-16(12(28)7-30-6-9)25-26-17(27)15-23-3-8(21)4-24-15;19-12-4-1-3-11(14(12)20)18(27)26-10-7-25-16(13(26)9-28-8-10)23-24-17(25)15-21-5-2-6-22-15/h1-5,10,13H,6-8H2;1-4,9,12H,5-7H2;1-6,10,13H,7-9H2/t10-,13-;9-,12-;10-,13-/m111/s1. The summed E-state index contributed by atoms with van der Waals surface area (Å²) in [7, 11) is 0. The van der Waals surface area contributed by atoms with Gasteiger partial charge in [0.1, 0.15) is 23.9 Å². The molecule has 6 aliphatic heterocycles. The molecule has 12 heterocycles. The van der Waals surface area contributed by atoms with Crippen LogP contribution >= 0.6 is 58.0 Å². The fourth-order valence-corrected chi connectivity index (χ4v) is 12.5. The monoisotopic (exact) mass is 1340 g/mol. The zero-order valence-corrected chi connectivity index (χ0v) is 49.4. The maximum atomic E-state index is 13.7. The third-order valence-electron chi connectivity index (χ3n) is 15.4. The molecule has 0 unspecified atom stereocenters. The van der Waals surface area contributed by atoms with Gasteiger partial charge in [0.15, 0.2) is 46.6 Å². The second-order valence-electron chi connectivity index (χ2n) is 20.7. The summed E-state index contributed by atoms with van der Waals surface area (Å²) < 4.78 is 102. The van der Waals surface area contributed by atoms with E-state index in [9.17, 15) is 40.7 Å². The van der Waals surface area contributed by atoms with Gasteiger partial charge in [-0.2, -0.15) is 13.2 Å². The van der Waals surface area contributed by atoms with Crippen molar-refractivity contribution in [3.05, 3.63) is 174 Å². The van der Waals surface area contributed by atoms with Crippen molar-refractivity contribution in [2.45, 2.75) is 62.1 Å². The second-order valence-corrected chi connectivity index (χ2v) is 22.7. The van der Waals surface area contributed by atoms with Gasteiger partial charge in [-0.25, -0.2) is 43.1 Å². The summed E-state index contributed by atoms with van der Waals surface area (Å²) in [5, 5.41) is 24.6. The lowest BCUT2D eigenvalue weighted by Crippen LogP contribution is -2.56. The van der Waals surface area contributed by atoms with Gasteiger partial charge in [0.25, 0.3) is 17.7 Å². The summed E-state index contributed by atoms with van der Waals surface area (Å²) in [5.74, 6) is 0.477. The number of benzene rings is 3. The number of hydrogen-bond donors (Lipinski definition) is 0. The molecule has 3 amide bonds. The molecule has 6 bridgehead atoms. The summed E-state index contributed by atoms with van der Waals surface area (Å²) in [6.45, 7) is 2.41. The van der Waals surface area contributed by atoms with Gasteiger partial charge in [0.05, 0.1) is 130 Å². The molecule has 462 valence electrons. The third kappa shape index (κ3) is 11.0. The molecule has 35 heteroatoms. The number of carbonyl (C=O) groups is 3. The largest absolute Gasteiger partial charge is 0.417 e. The van der Waals surface area contributed by atoms with Gasteiger partial charge in [0, 0.05) is 32.0 Å². The maximum Gasteiger partial charge on any atom is 0.417 e. The minimum absolute atomic E-state index is 0.0707. The van der Waals surface area contributed by atoms with E-state index >= 15 is 0 Å². The molecule has 9 aromatic rings. The molecule has 0 radical (unpaired) electrons. The van der Waals surface area contributed by atoms with Gasteiger partial charge in [-0.05, 0) is 42.5 Å². The number of hydrogen-bond acceptors (Lipinski definition) is 18. The van der Waals surface area contributed by atoms with Crippen molar-refractivity contribution in [3.63, 3.8) is 0 Å². The number of ether oxygens (including phenoxy) is 3. The Kier molecular flexibility index (Phi) is 16.4. The van der Waals surface area contributed by atoms with Gasteiger partial charge in [-0.1, -0.05) is 70.1 Å². The predicted molar refractivity (Wildman–Crippen MR) is 303 cm³/mol. The molecular weight excluding hydrogens is 1300 g/mol. The Bertz CT molecular complexity index is 4270. The average Bonchev–Trinajstić information content (AvgIpc) is 1.53. The fraction of sp³-hybridized carbons (Fsp3) is 0.291. The van der Waals surface area contributed by atoms with Crippen LogP contribution in [0.1, 0.15) is 72.2 Å². The molecule has 90 heavy (non-hydrogen) atoms. The number of carbonyl (C=O) groups excluding carboxylic acids is 3. The minimum Gasteiger partial charge on any atom is -0.377 e. The topological polar surface area (TPSA) is 258 Å². The molecule has 15 rings (SSSR count). The van der Waals surface area contributed by atoms with Crippen molar-refractivity contribution in [1.82, 2.24) is 88.9 Å². The van der Waals surface area contributed by atoms with Gasteiger partial charge in [-0.3, -0.25) is 14.4 Å². The third-order valence-corrected chi connectivity index (χ3v) is 17.5. The molecule has 0 spiro atoms. The van der Waals surface area contributed by atoms with E-state index in [1.165, 1.54) is 17.0 Å². The van der Waals surface area contributed by atoms with Crippen LogP contribution < -0.4 is 0 Å². The van der Waals surface area contributed by atoms with Gasteiger partial charge in [0.2, 0.25) is 17.5 Å². The van der Waals surface area contributed by atoms with E-state index in [1.807, 2.05) is 4.57 Å². The van der Waals surface area contributed by atoms with E-state index in [-0.39, 0.29) is 94.8 Å². The van der Waals surface area contributed by atoms with Crippen LogP contribution in [0.4, 0.5) is 26.3 Å². The van der Waals surface area contributed by atoms with Crippen LogP contribution in [-0.4, -0.2) is 164 Å². The zero-order valence-electron chi connectivity index (χ0n) is 45.6. The summed E-state index contributed by atoms with van der Waals surface area (Å²) in [4.78, 5) is 69.1. The first kappa shape index (κ1) is 60.5. The zero-order chi connectivity index (χ0) is 62.9. The van der Waals surface area contributed by atoms with Crippen molar-refractivity contribution < 1.29 is 54.9 Å². The SMILES string of the molecule is O=C(c1ccc(F)c(Cl)c1Cl)N1[C@H]2COC[C@@H]1c1nnc(-c3ncc(F)cn3)n1C2.O=C(c1cccc(C(F)(F)F)c1Cl)N1[C@H]2COC[C@@H]1c1nnc(-c3ncc(F)cn3)n1C2.O=C(c1cccc(Cl)c1Cl)N1[C@H]2COC[C@@H]1c1nnc(-c3ncccn3)n1C2. The lowest BCUT2D eigenvalue weighted by molar-refractivity contribution is -0.137. The lowest BCUT2D eigenvalue weighted by Gasteiger charge is -2.45. The molecule has 24 nitrogen and oxygen atoms in total. The summed E-state index contributed by atoms with van der Waals surface area (Å²) in [5.41, 5.74) is -0.878. The number of aromatic nitrogens is 15. The van der Waals surface area contributed by atoms with E-state index in [0.29, 0.717) is 77.7 Å². The lowest BCUT2D eigenvalue weighted by atomic mass is 10.0. The highest BCUT2D eigenvalue weighted by Gasteiger charge is 2.48. The molecular formula is C55H39Cl5F6N18O6. The van der Waals surface area contributed by atoms with Crippen LogP contribution in [0.5, 0.6) is 0 Å². The molecule has 3 fully saturated rings. The van der Waals surface area contributed by atoms with Crippen molar-refractivity contribution in [3.8, 4) is 34.9 Å². The number of morpholine rings is 3. The molecule has 3 aromatic carbocycles. The van der Waals surface area contributed by atoms with E-state index in [2.05, 4.69) is 60.5 Å². The Morgan fingerprint density at radius 3 is 1.26 bits per heavy atom. The first-order valence-corrected chi connectivity index (χ1v) is 28.9. The Balaban J connectivity index is 0.000000124. The molecule has 3 saturated heterocycles. The number of rotatable bonds is 6. The maximum absolute atomic E-state index is 13.7. The van der Waals surface area contributed by atoms with Crippen molar-refractivity contribution in [2.75, 3.05) is 39.6 Å². The molecule has 6 aromatic heterocycles. The fourth-order valence-electron chi connectivity index (χ4n) is 11.5. The van der Waals surface area contributed by atoms with Crippen LogP contribution in [-0.2, 0) is 40.0 Å². The number of alkyl halides is 3. The number of nitrogens with zero attached hydrogens (tertiary/aromatic N) is 18. The molecule has 0 saturated carbocycles. The summed E-state index contributed by atoms with van der Waals surface area (Å²) >= 11 is 30.4. The molecule has 6 aliphatic rings. The number of fused-ring (bicyclic) bond motifs is 12. The normalized spacial score (nSPS) is 20.4. The molecule has 0 N–H and O–H groups in total. The quantitative estimate of drug-likeness (QED) is 0.111. The number of halogens is 11. The van der Waals surface area contributed by atoms with Crippen LogP contribution in [0, 0.1) is 17.5 Å². The average molecular weight is 1340 g/mol. The Labute approximate surface area is 527 Å². The smallest absolute Gasteiger partial charge is 0.377 e. The highest BCUT2D eigenvalue weighted by Crippen LogP contribution is 2.43. The first-order chi connectivity index (χ1) is 43.4. The highest BCUT2D eigenvalue weighted by molar-refractivity contribution is 6.44. The second kappa shape index (κ2) is 24.4. The molecule has 0 aliphatic carbocycles. The Hall–Kier alpha value is -8.36. The highest BCUT2D eigenvalue weighted by atomic mass is 35.5. The van der Waals surface area contributed by atoms with Gasteiger partial charge >= 0.3 is 6.18 Å². The summed E-state index contributed by atoms with van der Waals surface area (Å²) in [6.07, 6.45) is 2.73.